The topological polar surface area (TPSA) is 118 Å². The third kappa shape index (κ3) is 5.33. The maximum atomic E-state index is 11.0. The van der Waals surface area contributed by atoms with Crippen molar-refractivity contribution in [3.8, 4) is 0 Å². The minimum absolute atomic E-state index is 0.0204. The van der Waals surface area contributed by atoms with Crippen LogP contribution in [0.2, 0.25) is 0 Å². The summed E-state index contributed by atoms with van der Waals surface area (Å²) in [6.07, 6.45) is 2.38. The van der Waals surface area contributed by atoms with Gasteiger partial charge in [-0.25, -0.2) is 9.59 Å². The van der Waals surface area contributed by atoms with E-state index in [4.69, 9.17) is 10.2 Å². The molecule has 0 unspecified atom stereocenters. The molecule has 106 valence electrons. The fraction of sp³-hybridized carbons (Fsp3) is 0.500. The monoisotopic (exact) mass is 271 g/mol. The SMILES string of the molecule is CC(=CCC(C)(CC=C(C)C(=O)O)[N+](=O)[O-])C(=O)O. The van der Waals surface area contributed by atoms with Crippen LogP contribution in [0.3, 0.4) is 0 Å². The number of hydrogen-bond acceptors (Lipinski definition) is 4. The van der Waals surface area contributed by atoms with Gasteiger partial charge in [0.15, 0.2) is 0 Å². The second-order valence-corrected chi connectivity index (χ2v) is 4.55. The lowest BCUT2D eigenvalue weighted by atomic mass is 9.92. The second kappa shape index (κ2) is 6.67. The molecule has 0 aliphatic carbocycles. The molecule has 0 amide bonds. The van der Waals surface area contributed by atoms with E-state index < -0.39 is 22.4 Å². The van der Waals surface area contributed by atoms with E-state index in [2.05, 4.69) is 0 Å². The fourth-order valence-electron chi connectivity index (χ4n) is 1.15. The molecule has 0 atom stereocenters. The molecule has 0 aromatic carbocycles. The Bertz CT molecular complexity index is 417. The summed E-state index contributed by atoms with van der Waals surface area (Å²) in [6.45, 7) is 4.05. The second-order valence-electron chi connectivity index (χ2n) is 4.55. The molecule has 0 fully saturated rings. The number of carboxylic acids is 2. The van der Waals surface area contributed by atoms with Gasteiger partial charge in [0.25, 0.3) is 0 Å². The number of carbonyl (C=O) groups is 2. The van der Waals surface area contributed by atoms with E-state index in [-0.39, 0.29) is 24.0 Å². The molecule has 0 heterocycles. The van der Waals surface area contributed by atoms with Crippen molar-refractivity contribution in [3.63, 3.8) is 0 Å². The van der Waals surface area contributed by atoms with Crippen LogP contribution in [-0.4, -0.2) is 32.6 Å². The van der Waals surface area contributed by atoms with Gasteiger partial charge in [0.1, 0.15) is 0 Å². The largest absolute Gasteiger partial charge is 0.478 e. The lowest BCUT2D eigenvalue weighted by Gasteiger charge is -2.18. The van der Waals surface area contributed by atoms with Crippen LogP contribution in [-0.2, 0) is 9.59 Å². The molecule has 2 N–H and O–H groups in total. The Labute approximate surface area is 110 Å². The van der Waals surface area contributed by atoms with Gasteiger partial charge in [0.05, 0.1) is 0 Å². The summed E-state index contributed by atoms with van der Waals surface area (Å²) in [7, 11) is 0. The number of rotatable bonds is 7. The van der Waals surface area contributed by atoms with Crippen LogP contribution in [0.25, 0.3) is 0 Å². The molecule has 7 heteroatoms. The van der Waals surface area contributed by atoms with E-state index in [1.54, 1.807) is 0 Å². The van der Waals surface area contributed by atoms with Gasteiger partial charge in [0.2, 0.25) is 5.54 Å². The molecule has 0 saturated carbocycles. The highest BCUT2D eigenvalue weighted by Crippen LogP contribution is 2.22. The van der Waals surface area contributed by atoms with Crippen LogP contribution in [0.4, 0.5) is 0 Å². The van der Waals surface area contributed by atoms with Crippen molar-refractivity contribution >= 4 is 11.9 Å². The summed E-state index contributed by atoms with van der Waals surface area (Å²) in [5.74, 6) is -2.27. The number of carboxylic acid groups (broad SMARTS) is 2. The van der Waals surface area contributed by atoms with E-state index in [0.717, 1.165) is 0 Å². The minimum Gasteiger partial charge on any atom is -0.478 e. The highest BCUT2D eigenvalue weighted by molar-refractivity contribution is 5.86. The third-order valence-corrected chi connectivity index (χ3v) is 2.81. The van der Waals surface area contributed by atoms with Gasteiger partial charge in [-0.2, -0.15) is 0 Å². The quantitative estimate of drug-likeness (QED) is 0.414. The van der Waals surface area contributed by atoms with E-state index in [9.17, 15) is 19.7 Å². The number of nitrogens with zero attached hydrogens (tertiary/aromatic N) is 1. The molecule has 0 radical (unpaired) electrons. The highest BCUT2D eigenvalue weighted by Gasteiger charge is 2.35. The van der Waals surface area contributed by atoms with Crippen molar-refractivity contribution in [1.29, 1.82) is 0 Å². The number of hydrogen-bond donors (Lipinski definition) is 2. The van der Waals surface area contributed by atoms with Crippen molar-refractivity contribution in [2.75, 3.05) is 0 Å². The molecule has 0 saturated heterocycles. The summed E-state index contributed by atoms with van der Waals surface area (Å²) >= 11 is 0. The first kappa shape index (κ1) is 16.8. The maximum absolute atomic E-state index is 11.0. The fourth-order valence-corrected chi connectivity index (χ4v) is 1.15. The van der Waals surface area contributed by atoms with Gasteiger partial charge in [-0.1, -0.05) is 12.2 Å². The Morgan fingerprint density at radius 3 is 1.63 bits per heavy atom. The summed E-state index contributed by atoms with van der Waals surface area (Å²) < 4.78 is 0. The number of aliphatic carboxylic acids is 2. The first-order valence-corrected chi connectivity index (χ1v) is 5.55. The standard InChI is InChI=1S/C12H17NO6/c1-8(10(14)15)4-6-12(3,13(18)19)7-5-9(2)11(16)17/h4-5H,6-7H2,1-3H3,(H,14,15)(H,16,17). The van der Waals surface area contributed by atoms with Gasteiger partial charge >= 0.3 is 11.9 Å². The average Bonchev–Trinajstić information content (AvgIpc) is 2.32. The molecule has 19 heavy (non-hydrogen) atoms. The van der Waals surface area contributed by atoms with Gasteiger partial charge in [0, 0.05) is 35.8 Å². The Hall–Kier alpha value is -2.18. The van der Waals surface area contributed by atoms with Crippen LogP contribution < -0.4 is 0 Å². The van der Waals surface area contributed by atoms with E-state index in [1.807, 2.05) is 0 Å². The first-order valence-electron chi connectivity index (χ1n) is 5.55. The molecule has 0 spiro atoms. The van der Waals surface area contributed by atoms with E-state index >= 15 is 0 Å². The van der Waals surface area contributed by atoms with Crippen LogP contribution in [0.15, 0.2) is 23.3 Å². The van der Waals surface area contributed by atoms with Crippen molar-refractivity contribution in [3.05, 3.63) is 33.4 Å². The lowest BCUT2D eigenvalue weighted by Crippen LogP contribution is -2.34. The van der Waals surface area contributed by atoms with Crippen molar-refractivity contribution < 1.29 is 24.7 Å². The van der Waals surface area contributed by atoms with Gasteiger partial charge < -0.3 is 10.2 Å². The molecule has 7 nitrogen and oxygen atoms in total. The summed E-state index contributed by atoms with van der Waals surface area (Å²) in [5.41, 5.74) is -1.38. The van der Waals surface area contributed by atoms with Crippen LogP contribution >= 0.6 is 0 Å². The van der Waals surface area contributed by atoms with Gasteiger partial charge in [-0.3, -0.25) is 10.1 Å². The number of nitro groups is 1. The van der Waals surface area contributed by atoms with Crippen molar-refractivity contribution in [2.45, 2.75) is 39.2 Å². The Balaban J connectivity index is 5.03. The van der Waals surface area contributed by atoms with Crippen LogP contribution in [0.1, 0.15) is 33.6 Å². The van der Waals surface area contributed by atoms with Gasteiger partial charge in [-0.05, 0) is 13.8 Å². The molecular formula is C12H17NO6. The zero-order valence-electron chi connectivity index (χ0n) is 11.0. The minimum atomic E-state index is -1.42. The molecule has 0 aromatic heterocycles. The summed E-state index contributed by atoms with van der Waals surface area (Å²) in [4.78, 5) is 31.7. The third-order valence-electron chi connectivity index (χ3n) is 2.81. The van der Waals surface area contributed by atoms with Crippen LogP contribution in [0, 0.1) is 10.1 Å². The molecule has 0 aromatic rings. The highest BCUT2D eigenvalue weighted by atomic mass is 16.6. The van der Waals surface area contributed by atoms with Crippen LogP contribution in [0.5, 0.6) is 0 Å². The zero-order valence-corrected chi connectivity index (χ0v) is 11.0. The molecule has 0 aliphatic heterocycles. The Morgan fingerprint density at radius 2 is 1.42 bits per heavy atom. The maximum Gasteiger partial charge on any atom is 0.330 e. The smallest absolute Gasteiger partial charge is 0.330 e. The van der Waals surface area contributed by atoms with E-state index in [1.165, 1.54) is 32.9 Å². The van der Waals surface area contributed by atoms with Crippen molar-refractivity contribution in [2.24, 2.45) is 0 Å². The normalized spacial score (nSPS) is 15.7. The molecule has 0 aliphatic rings. The zero-order chi connectivity index (χ0) is 15.2. The lowest BCUT2D eigenvalue weighted by molar-refractivity contribution is -0.563. The van der Waals surface area contributed by atoms with E-state index in [0.29, 0.717) is 0 Å². The summed E-state index contributed by atoms with van der Waals surface area (Å²) in [5, 5.41) is 28.4. The predicted molar refractivity (Wildman–Crippen MR) is 67.4 cm³/mol. The van der Waals surface area contributed by atoms with Crippen molar-refractivity contribution in [1.82, 2.24) is 0 Å². The molecular weight excluding hydrogens is 254 g/mol. The first-order chi connectivity index (χ1) is 8.60. The average molecular weight is 271 g/mol. The molecule has 0 bridgehead atoms. The Morgan fingerprint density at radius 1 is 1.11 bits per heavy atom. The molecule has 0 rings (SSSR count). The Kier molecular flexibility index (Phi) is 5.91. The van der Waals surface area contributed by atoms with Gasteiger partial charge in [-0.15, -0.1) is 0 Å². The summed E-state index contributed by atoms with van der Waals surface area (Å²) in [6, 6.07) is 0. The predicted octanol–water partition coefficient (Wildman–Crippen LogP) is 1.86.